The molecule has 3 aromatic heterocycles. The number of furan rings is 1. The number of rotatable bonds is 2. The van der Waals surface area contributed by atoms with E-state index in [4.69, 9.17) is 4.42 Å². The third-order valence-corrected chi connectivity index (χ3v) is 9.13. The standard InChI is InChI=1S/C36H21NOS/c1-4-11-29-24(8-1)25-9-2-5-12-30(25)37(29)31-13-7-15-34-36(31)28-19-17-23(21-35(28)39-34)22-16-18-27-26-10-3-6-14-32(26)38-33(27)20-22/h1-21H. The predicted molar refractivity (Wildman–Crippen MR) is 166 cm³/mol. The van der Waals surface area contributed by atoms with Crippen LogP contribution >= 0.6 is 11.3 Å². The van der Waals surface area contributed by atoms with E-state index in [0.29, 0.717) is 0 Å². The van der Waals surface area contributed by atoms with Gasteiger partial charge in [0.15, 0.2) is 0 Å². The van der Waals surface area contributed by atoms with Crippen LogP contribution in [0.5, 0.6) is 0 Å². The van der Waals surface area contributed by atoms with Gasteiger partial charge in [-0.3, -0.25) is 0 Å². The number of hydrogen-bond acceptors (Lipinski definition) is 2. The average molecular weight is 516 g/mol. The van der Waals surface area contributed by atoms with Crippen LogP contribution in [-0.2, 0) is 0 Å². The van der Waals surface area contributed by atoms with Gasteiger partial charge >= 0.3 is 0 Å². The summed E-state index contributed by atoms with van der Waals surface area (Å²) in [6, 6.07) is 45.8. The predicted octanol–water partition coefficient (Wildman–Crippen LogP) is 10.7. The van der Waals surface area contributed by atoms with Gasteiger partial charge in [-0.25, -0.2) is 0 Å². The van der Waals surface area contributed by atoms with Crippen LogP contribution in [0.1, 0.15) is 0 Å². The van der Waals surface area contributed by atoms with Gasteiger partial charge in [0.25, 0.3) is 0 Å². The van der Waals surface area contributed by atoms with Gasteiger partial charge < -0.3 is 8.98 Å². The summed E-state index contributed by atoms with van der Waals surface area (Å²) in [5.41, 5.74) is 7.94. The number of aromatic nitrogens is 1. The molecule has 2 nitrogen and oxygen atoms in total. The highest BCUT2D eigenvalue weighted by molar-refractivity contribution is 7.26. The van der Waals surface area contributed by atoms with E-state index in [2.05, 4.69) is 120 Å². The second-order valence-electron chi connectivity index (χ2n) is 10.1. The number of nitrogens with zero attached hydrogens (tertiary/aromatic N) is 1. The van der Waals surface area contributed by atoms with Gasteiger partial charge in [-0.2, -0.15) is 0 Å². The van der Waals surface area contributed by atoms with E-state index in [-0.39, 0.29) is 0 Å². The van der Waals surface area contributed by atoms with Crippen LogP contribution in [0.3, 0.4) is 0 Å². The Bertz CT molecular complexity index is 2350. The molecule has 182 valence electrons. The minimum absolute atomic E-state index is 0.929. The summed E-state index contributed by atoms with van der Waals surface area (Å²) in [6.45, 7) is 0. The van der Waals surface area contributed by atoms with E-state index in [1.807, 2.05) is 23.5 Å². The van der Waals surface area contributed by atoms with Gasteiger partial charge in [0, 0.05) is 41.7 Å². The Kier molecular flexibility index (Phi) is 4.24. The van der Waals surface area contributed by atoms with Crippen molar-refractivity contribution in [2.45, 2.75) is 0 Å². The molecule has 0 saturated heterocycles. The van der Waals surface area contributed by atoms with Crippen molar-refractivity contribution in [3.05, 3.63) is 127 Å². The Morgan fingerprint density at radius 3 is 1.90 bits per heavy atom. The third kappa shape index (κ3) is 2.96. The van der Waals surface area contributed by atoms with E-state index in [0.717, 1.165) is 21.9 Å². The molecular weight excluding hydrogens is 494 g/mol. The number of fused-ring (bicyclic) bond motifs is 9. The fourth-order valence-corrected chi connectivity index (χ4v) is 7.43. The second-order valence-corrected chi connectivity index (χ2v) is 11.2. The lowest BCUT2D eigenvalue weighted by Gasteiger charge is -2.10. The van der Waals surface area contributed by atoms with Crippen LogP contribution in [0.2, 0.25) is 0 Å². The first kappa shape index (κ1) is 21.1. The van der Waals surface area contributed by atoms with Gasteiger partial charge in [-0.1, -0.05) is 78.9 Å². The highest BCUT2D eigenvalue weighted by Gasteiger charge is 2.17. The summed E-state index contributed by atoms with van der Waals surface area (Å²) in [4.78, 5) is 0. The molecular formula is C36H21NOS. The monoisotopic (exact) mass is 515 g/mol. The summed E-state index contributed by atoms with van der Waals surface area (Å²) in [6.07, 6.45) is 0. The zero-order valence-corrected chi connectivity index (χ0v) is 21.7. The molecule has 9 aromatic rings. The van der Waals surface area contributed by atoms with Gasteiger partial charge in [-0.05, 0) is 59.7 Å². The molecule has 0 radical (unpaired) electrons. The van der Waals surface area contributed by atoms with Gasteiger partial charge in [0.2, 0.25) is 0 Å². The van der Waals surface area contributed by atoms with Gasteiger partial charge in [-0.15, -0.1) is 11.3 Å². The zero-order valence-electron chi connectivity index (χ0n) is 20.9. The molecule has 0 aliphatic carbocycles. The van der Waals surface area contributed by atoms with Crippen molar-refractivity contribution in [2.75, 3.05) is 0 Å². The topological polar surface area (TPSA) is 18.1 Å². The quantitative estimate of drug-likeness (QED) is 0.224. The van der Waals surface area contributed by atoms with Crippen LogP contribution in [0.15, 0.2) is 132 Å². The number of benzene rings is 6. The second kappa shape index (κ2) is 7.83. The normalized spacial score (nSPS) is 12.1. The van der Waals surface area contributed by atoms with E-state index in [1.165, 1.54) is 58.8 Å². The minimum atomic E-state index is 0.929. The Morgan fingerprint density at radius 1 is 0.462 bits per heavy atom. The van der Waals surface area contributed by atoms with Crippen molar-refractivity contribution in [3.8, 4) is 16.8 Å². The van der Waals surface area contributed by atoms with Crippen LogP contribution in [-0.4, -0.2) is 4.57 Å². The fourth-order valence-electron chi connectivity index (χ4n) is 6.26. The molecule has 0 saturated carbocycles. The molecule has 6 aromatic carbocycles. The van der Waals surface area contributed by atoms with Crippen molar-refractivity contribution in [1.82, 2.24) is 4.57 Å². The molecule has 3 heteroatoms. The van der Waals surface area contributed by atoms with Crippen LogP contribution in [0.25, 0.3) is 80.7 Å². The molecule has 0 amide bonds. The average Bonchev–Trinajstić information content (AvgIpc) is 3.65. The SMILES string of the molecule is c1ccc2c(c1)oc1cc(-c3ccc4c(c3)sc3cccc(-n5c6ccccc6c6ccccc65)c34)ccc12. The Hall–Kier alpha value is -4.86. The molecule has 0 N–H and O–H groups in total. The van der Waals surface area contributed by atoms with Gasteiger partial charge in [0.1, 0.15) is 11.2 Å². The summed E-state index contributed by atoms with van der Waals surface area (Å²) >= 11 is 1.86. The minimum Gasteiger partial charge on any atom is -0.456 e. The first-order valence-electron chi connectivity index (χ1n) is 13.2. The number of hydrogen-bond donors (Lipinski definition) is 0. The van der Waals surface area contributed by atoms with Crippen molar-refractivity contribution >= 4 is 75.3 Å². The largest absolute Gasteiger partial charge is 0.456 e. The number of thiophene rings is 1. The summed E-state index contributed by atoms with van der Waals surface area (Å²) in [7, 11) is 0. The van der Waals surface area contributed by atoms with E-state index >= 15 is 0 Å². The summed E-state index contributed by atoms with van der Waals surface area (Å²) in [5, 5.41) is 7.50. The van der Waals surface area contributed by atoms with Gasteiger partial charge in [0.05, 0.1) is 16.7 Å². The molecule has 0 fully saturated rings. The van der Waals surface area contributed by atoms with Crippen molar-refractivity contribution in [3.63, 3.8) is 0 Å². The molecule has 0 bridgehead atoms. The summed E-state index contributed by atoms with van der Waals surface area (Å²) in [5.74, 6) is 0. The molecule has 0 aliphatic heterocycles. The van der Waals surface area contributed by atoms with E-state index < -0.39 is 0 Å². The van der Waals surface area contributed by atoms with E-state index in [9.17, 15) is 0 Å². The zero-order chi connectivity index (χ0) is 25.5. The fraction of sp³-hybridized carbons (Fsp3) is 0. The molecule has 39 heavy (non-hydrogen) atoms. The van der Waals surface area contributed by atoms with Crippen molar-refractivity contribution in [2.24, 2.45) is 0 Å². The Labute approximate surface area is 227 Å². The maximum Gasteiger partial charge on any atom is 0.136 e. The molecule has 0 atom stereocenters. The molecule has 9 rings (SSSR count). The van der Waals surface area contributed by atoms with Crippen LogP contribution in [0, 0.1) is 0 Å². The molecule has 0 aliphatic rings. The number of para-hydroxylation sites is 3. The Morgan fingerprint density at radius 2 is 1.10 bits per heavy atom. The van der Waals surface area contributed by atoms with Crippen molar-refractivity contribution < 1.29 is 4.42 Å². The Balaban J connectivity index is 1.27. The van der Waals surface area contributed by atoms with Crippen molar-refractivity contribution in [1.29, 1.82) is 0 Å². The van der Waals surface area contributed by atoms with Crippen LogP contribution < -0.4 is 0 Å². The molecule has 0 unspecified atom stereocenters. The maximum absolute atomic E-state index is 6.18. The summed E-state index contributed by atoms with van der Waals surface area (Å²) < 4.78 is 11.2. The van der Waals surface area contributed by atoms with Crippen LogP contribution in [0.4, 0.5) is 0 Å². The highest BCUT2D eigenvalue weighted by atomic mass is 32.1. The highest BCUT2D eigenvalue weighted by Crippen LogP contribution is 2.42. The van der Waals surface area contributed by atoms with E-state index in [1.54, 1.807) is 0 Å². The smallest absolute Gasteiger partial charge is 0.136 e. The third-order valence-electron chi connectivity index (χ3n) is 8.01. The maximum atomic E-state index is 6.18. The molecule has 0 spiro atoms. The first-order valence-corrected chi connectivity index (χ1v) is 14.0. The molecule has 3 heterocycles. The first-order chi connectivity index (χ1) is 19.3. The lowest BCUT2D eigenvalue weighted by atomic mass is 10.0. The lowest BCUT2D eigenvalue weighted by Crippen LogP contribution is -1.94. The lowest BCUT2D eigenvalue weighted by molar-refractivity contribution is 0.669.